The van der Waals surface area contributed by atoms with Crippen LogP contribution in [0.2, 0.25) is 10.0 Å². The number of nitrogens with zero attached hydrogens (tertiary/aromatic N) is 1. The maximum atomic E-state index is 13.4. The molecule has 0 aliphatic heterocycles. The topological polar surface area (TPSA) is 75.7 Å². The van der Waals surface area contributed by atoms with Crippen LogP contribution >= 0.6 is 23.2 Å². The molecule has 0 heterocycles. The highest BCUT2D eigenvalue weighted by molar-refractivity contribution is 7.89. The van der Waals surface area contributed by atoms with Crippen molar-refractivity contribution in [2.75, 3.05) is 13.7 Å². The normalized spacial score (nSPS) is 12.4. The second kappa shape index (κ2) is 11.0. The summed E-state index contributed by atoms with van der Waals surface area (Å²) in [6.07, 6.45) is 0. The summed E-state index contributed by atoms with van der Waals surface area (Å²) in [5.74, 6) is 0.264. The van der Waals surface area contributed by atoms with Gasteiger partial charge in [0.2, 0.25) is 15.9 Å². The number of ether oxygens (including phenoxy) is 1. The average Bonchev–Trinajstić information content (AvgIpc) is 2.80. The zero-order valence-corrected chi connectivity index (χ0v) is 20.5. The van der Waals surface area contributed by atoms with E-state index in [0.717, 1.165) is 9.87 Å². The van der Waals surface area contributed by atoms with Crippen molar-refractivity contribution < 1.29 is 17.9 Å². The number of hydrogen-bond acceptors (Lipinski definition) is 4. The third kappa shape index (κ3) is 6.48. The highest BCUT2D eigenvalue weighted by Crippen LogP contribution is 2.24. The standard InChI is InChI=1S/C24H24Cl2N2O4S/c1-17(18-7-11-21(32-2)12-8-18)27-24(29)16-28(15-19-5-3-4-6-23(19)26)33(30,31)22-13-9-20(25)10-14-22/h3-14,17H,15-16H2,1-2H3,(H,27,29). The molecule has 1 unspecified atom stereocenters. The van der Waals surface area contributed by atoms with E-state index in [2.05, 4.69) is 5.32 Å². The number of nitrogens with one attached hydrogen (secondary N) is 1. The summed E-state index contributed by atoms with van der Waals surface area (Å²) in [5.41, 5.74) is 1.45. The minimum absolute atomic E-state index is 0.0370. The molecular formula is C24H24Cl2N2O4S. The molecule has 0 spiro atoms. The van der Waals surface area contributed by atoms with Gasteiger partial charge in [-0.3, -0.25) is 4.79 Å². The maximum absolute atomic E-state index is 13.4. The number of hydrogen-bond donors (Lipinski definition) is 1. The quantitative estimate of drug-likeness (QED) is 0.439. The number of rotatable bonds is 9. The van der Waals surface area contributed by atoms with Crippen LogP contribution in [0.4, 0.5) is 0 Å². The van der Waals surface area contributed by atoms with Crippen molar-refractivity contribution in [1.82, 2.24) is 9.62 Å². The van der Waals surface area contributed by atoms with Gasteiger partial charge in [-0.15, -0.1) is 0 Å². The van der Waals surface area contributed by atoms with E-state index in [1.165, 1.54) is 24.3 Å². The second-order valence-electron chi connectivity index (χ2n) is 7.38. The zero-order valence-electron chi connectivity index (χ0n) is 18.2. The van der Waals surface area contributed by atoms with Gasteiger partial charge in [0.1, 0.15) is 5.75 Å². The van der Waals surface area contributed by atoms with Gasteiger partial charge in [0.25, 0.3) is 0 Å². The molecule has 0 radical (unpaired) electrons. The highest BCUT2D eigenvalue weighted by Gasteiger charge is 2.28. The summed E-state index contributed by atoms with van der Waals surface area (Å²) in [5, 5.41) is 3.69. The lowest BCUT2D eigenvalue weighted by Gasteiger charge is -2.24. The Hall–Kier alpha value is -2.58. The Kier molecular flexibility index (Phi) is 8.37. The largest absolute Gasteiger partial charge is 0.497 e. The van der Waals surface area contributed by atoms with Gasteiger partial charge < -0.3 is 10.1 Å². The number of benzene rings is 3. The first-order valence-corrected chi connectivity index (χ1v) is 12.3. The van der Waals surface area contributed by atoms with E-state index in [1.807, 2.05) is 19.1 Å². The molecule has 3 rings (SSSR count). The molecule has 3 aromatic carbocycles. The molecule has 0 saturated heterocycles. The van der Waals surface area contributed by atoms with Gasteiger partial charge in [0.15, 0.2) is 0 Å². The monoisotopic (exact) mass is 506 g/mol. The van der Waals surface area contributed by atoms with E-state index in [4.69, 9.17) is 27.9 Å². The van der Waals surface area contributed by atoms with Gasteiger partial charge in [0.05, 0.1) is 24.6 Å². The van der Waals surface area contributed by atoms with Crippen LogP contribution in [0.15, 0.2) is 77.7 Å². The second-order valence-corrected chi connectivity index (χ2v) is 10.2. The Bertz CT molecular complexity index is 1200. The molecule has 1 amide bonds. The van der Waals surface area contributed by atoms with Crippen LogP contribution in [0.25, 0.3) is 0 Å². The number of sulfonamides is 1. The molecule has 1 atom stereocenters. The predicted molar refractivity (Wildman–Crippen MR) is 130 cm³/mol. The molecule has 0 saturated carbocycles. The van der Waals surface area contributed by atoms with Crippen LogP contribution in [0, 0.1) is 0 Å². The zero-order chi connectivity index (χ0) is 24.0. The van der Waals surface area contributed by atoms with Crippen LogP contribution in [-0.4, -0.2) is 32.3 Å². The Labute approximate surface area is 204 Å². The molecule has 3 aromatic rings. The fourth-order valence-corrected chi connectivity index (χ4v) is 4.92. The maximum Gasteiger partial charge on any atom is 0.243 e. The third-order valence-corrected chi connectivity index (χ3v) is 7.50. The highest BCUT2D eigenvalue weighted by atomic mass is 35.5. The van der Waals surface area contributed by atoms with Crippen molar-refractivity contribution in [2.24, 2.45) is 0 Å². The number of amides is 1. The Balaban J connectivity index is 1.83. The van der Waals surface area contributed by atoms with Crippen LogP contribution in [0.3, 0.4) is 0 Å². The van der Waals surface area contributed by atoms with Crippen LogP contribution in [-0.2, 0) is 21.4 Å². The smallest absolute Gasteiger partial charge is 0.243 e. The van der Waals surface area contributed by atoms with Crippen molar-refractivity contribution in [3.8, 4) is 5.75 Å². The summed E-state index contributed by atoms with van der Waals surface area (Å²) in [6, 6.07) is 19.7. The van der Waals surface area contributed by atoms with Gasteiger partial charge in [-0.05, 0) is 60.5 Å². The molecule has 0 fully saturated rings. The van der Waals surface area contributed by atoms with Crippen molar-refractivity contribution in [1.29, 1.82) is 0 Å². The van der Waals surface area contributed by atoms with Crippen LogP contribution < -0.4 is 10.1 Å². The Morgan fingerprint density at radius 2 is 1.64 bits per heavy atom. The number of carbonyl (C=O) groups is 1. The minimum Gasteiger partial charge on any atom is -0.497 e. The SMILES string of the molecule is COc1ccc(C(C)NC(=O)CN(Cc2ccccc2Cl)S(=O)(=O)c2ccc(Cl)cc2)cc1. The fourth-order valence-electron chi connectivity index (χ4n) is 3.22. The van der Waals surface area contributed by atoms with Crippen LogP contribution in [0.5, 0.6) is 5.75 Å². The van der Waals surface area contributed by atoms with Gasteiger partial charge in [-0.25, -0.2) is 8.42 Å². The van der Waals surface area contributed by atoms with E-state index >= 15 is 0 Å². The van der Waals surface area contributed by atoms with Gasteiger partial charge in [0, 0.05) is 16.6 Å². The van der Waals surface area contributed by atoms with Crippen molar-refractivity contribution in [2.45, 2.75) is 24.4 Å². The lowest BCUT2D eigenvalue weighted by atomic mass is 10.1. The number of carbonyl (C=O) groups excluding carboxylic acids is 1. The van der Waals surface area contributed by atoms with Gasteiger partial charge >= 0.3 is 0 Å². The lowest BCUT2D eigenvalue weighted by molar-refractivity contribution is -0.122. The summed E-state index contributed by atoms with van der Waals surface area (Å²) >= 11 is 12.2. The summed E-state index contributed by atoms with van der Waals surface area (Å²) in [7, 11) is -2.42. The summed E-state index contributed by atoms with van der Waals surface area (Å²) in [4.78, 5) is 12.9. The van der Waals surface area contributed by atoms with Crippen molar-refractivity contribution in [3.63, 3.8) is 0 Å². The first kappa shape index (κ1) is 25.1. The summed E-state index contributed by atoms with van der Waals surface area (Å²) < 4.78 is 33.0. The molecule has 0 bridgehead atoms. The lowest BCUT2D eigenvalue weighted by Crippen LogP contribution is -2.41. The van der Waals surface area contributed by atoms with E-state index in [9.17, 15) is 13.2 Å². The Morgan fingerprint density at radius 3 is 2.24 bits per heavy atom. The number of methoxy groups -OCH3 is 1. The molecule has 9 heteroatoms. The third-order valence-electron chi connectivity index (χ3n) is 5.07. The Morgan fingerprint density at radius 1 is 1.00 bits per heavy atom. The van der Waals surface area contributed by atoms with E-state index in [-0.39, 0.29) is 24.0 Å². The fraction of sp³-hybridized carbons (Fsp3) is 0.208. The van der Waals surface area contributed by atoms with Gasteiger partial charge in [-0.1, -0.05) is 53.5 Å². The molecule has 174 valence electrons. The first-order chi connectivity index (χ1) is 15.7. The minimum atomic E-state index is -4.00. The van der Waals surface area contributed by atoms with Crippen LogP contribution in [0.1, 0.15) is 24.1 Å². The molecule has 6 nitrogen and oxygen atoms in total. The molecule has 33 heavy (non-hydrogen) atoms. The van der Waals surface area contributed by atoms with E-state index < -0.39 is 15.9 Å². The molecule has 0 aliphatic rings. The van der Waals surface area contributed by atoms with Gasteiger partial charge in [-0.2, -0.15) is 4.31 Å². The molecule has 0 aliphatic carbocycles. The molecule has 1 N–H and O–H groups in total. The molecular weight excluding hydrogens is 483 g/mol. The average molecular weight is 507 g/mol. The van der Waals surface area contributed by atoms with E-state index in [0.29, 0.717) is 21.4 Å². The molecule has 0 aromatic heterocycles. The van der Waals surface area contributed by atoms with E-state index in [1.54, 1.807) is 43.5 Å². The van der Waals surface area contributed by atoms with Crippen molar-refractivity contribution in [3.05, 3.63) is 94.0 Å². The first-order valence-electron chi connectivity index (χ1n) is 10.1. The summed E-state index contributed by atoms with van der Waals surface area (Å²) in [6.45, 7) is 1.39. The number of halogens is 2. The predicted octanol–water partition coefficient (Wildman–Crippen LogP) is 5.07. The van der Waals surface area contributed by atoms with Crippen molar-refractivity contribution >= 4 is 39.1 Å².